The molecule has 3 atom stereocenters. The van der Waals surface area contributed by atoms with E-state index in [1.807, 2.05) is 36.4 Å². The lowest BCUT2D eigenvalue weighted by molar-refractivity contribution is 0.439. The molecular formula is C19H21NO. The van der Waals surface area contributed by atoms with Gasteiger partial charge in [-0.1, -0.05) is 30.7 Å². The van der Waals surface area contributed by atoms with Crippen LogP contribution in [0.1, 0.15) is 25.7 Å². The van der Waals surface area contributed by atoms with Crippen LogP contribution in [-0.4, -0.2) is 6.04 Å². The third kappa shape index (κ3) is 2.76. The number of rotatable bonds is 4. The van der Waals surface area contributed by atoms with Gasteiger partial charge in [0.1, 0.15) is 11.5 Å². The van der Waals surface area contributed by atoms with E-state index in [9.17, 15) is 0 Å². The van der Waals surface area contributed by atoms with Crippen molar-refractivity contribution in [2.45, 2.75) is 31.7 Å². The molecule has 2 nitrogen and oxygen atoms in total. The Balaban J connectivity index is 1.46. The highest BCUT2D eigenvalue weighted by atomic mass is 16.5. The number of fused-ring (bicyclic) bond motifs is 2. The summed E-state index contributed by atoms with van der Waals surface area (Å²) in [4.78, 5) is 0. The quantitative estimate of drug-likeness (QED) is 0.842. The van der Waals surface area contributed by atoms with E-state index < -0.39 is 0 Å². The van der Waals surface area contributed by atoms with Gasteiger partial charge >= 0.3 is 0 Å². The summed E-state index contributed by atoms with van der Waals surface area (Å²) in [5, 5.41) is 3.72. The Hall–Kier alpha value is -1.96. The minimum atomic E-state index is 0.663. The van der Waals surface area contributed by atoms with E-state index in [0.29, 0.717) is 6.04 Å². The Morgan fingerprint density at radius 1 is 0.857 bits per heavy atom. The lowest BCUT2D eigenvalue weighted by atomic mass is 9.95. The average molecular weight is 279 g/mol. The van der Waals surface area contributed by atoms with Crippen molar-refractivity contribution in [3.05, 3.63) is 54.6 Å². The van der Waals surface area contributed by atoms with Crippen molar-refractivity contribution in [2.24, 2.45) is 11.8 Å². The van der Waals surface area contributed by atoms with Crippen molar-refractivity contribution in [3.63, 3.8) is 0 Å². The fraction of sp³-hybridized carbons (Fsp3) is 0.368. The predicted octanol–water partition coefficient (Wildman–Crippen LogP) is 5.08. The maximum absolute atomic E-state index is 5.91. The van der Waals surface area contributed by atoms with Crippen LogP contribution in [0.3, 0.4) is 0 Å². The molecule has 0 aromatic heterocycles. The topological polar surface area (TPSA) is 21.3 Å². The second kappa shape index (κ2) is 5.44. The summed E-state index contributed by atoms with van der Waals surface area (Å²) in [5.41, 5.74) is 1.18. The van der Waals surface area contributed by atoms with Crippen molar-refractivity contribution in [3.8, 4) is 11.5 Å². The van der Waals surface area contributed by atoms with E-state index in [-0.39, 0.29) is 0 Å². The summed E-state index contributed by atoms with van der Waals surface area (Å²) in [5.74, 6) is 3.63. The van der Waals surface area contributed by atoms with Crippen molar-refractivity contribution in [2.75, 3.05) is 5.32 Å². The number of ether oxygens (including phenoxy) is 1. The summed E-state index contributed by atoms with van der Waals surface area (Å²) < 4.78 is 5.91. The van der Waals surface area contributed by atoms with E-state index in [0.717, 1.165) is 23.3 Å². The predicted molar refractivity (Wildman–Crippen MR) is 85.8 cm³/mol. The Morgan fingerprint density at radius 2 is 1.71 bits per heavy atom. The van der Waals surface area contributed by atoms with Crippen LogP contribution in [0.4, 0.5) is 5.69 Å². The zero-order valence-corrected chi connectivity index (χ0v) is 12.2. The summed E-state index contributed by atoms with van der Waals surface area (Å²) >= 11 is 0. The van der Waals surface area contributed by atoms with Gasteiger partial charge in [0, 0.05) is 17.8 Å². The van der Waals surface area contributed by atoms with Crippen molar-refractivity contribution >= 4 is 5.69 Å². The van der Waals surface area contributed by atoms with Crippen LogP contribution in [-0.2, 0) is 0 Å². The Morgan fingerprint density at radius 3 is 2.48 bits per heavy atom. The zero-order chi connectivity index (χ0) is 14.1. The molecule has 0 radical (unpaired) electrons. The number of hydrogen-bond acceptors (Lipinski definition) is 2. The summed E-state index contributed by atoms with van der Waals surface area (Å²) in [6.07, 6.45) is 5.62. The third-order valence-corrected chi connectivity index (χ3v) is 4.90. The van der Waals surface area contributed by atoms with Gasteiger partial charge in [-0.2, -0.15) is 0 Å². The maximum atomic E-state index is 5.91. The first kappa shape index (κ1) is 12.8. The number of para-hydroxylation sites is 1. The van der Waals surface area contributed by atoms with Crippen LogP contribution in [0.15, 0.2) is 54.6 Å². The molecular weight excluding hydrogens is 258 g/mol. The van der Waals surface area contributed by atoms with Gasteiger partial charge in [-0.05, 0) is 55.4 Å². The Bertz CT molecular complexity index is 610. The van der Waals surface area contributed by atoms with Gasteiger partial charge in [0.25, 0.3) is 0 Å². The second-order valence-electron chi connectivity index (χ2n) is 6.37. The van der Waals surface area contributed by atoms with E-state index in [4.69, 9.17) is 4.74 Å². The summed E-state index contributed by atoms with van der Waals surface area (Å²) in [6.45, 7) is 0. The number of benzene rings is 2. The molecule has 21 heavy (non-hydrogen) atoms. The number of hydrogen-bond donors (Lipinski definition) is 1. The molecule has 0 saturated heterocycles. The molecule has 0 spiro atoms. The van der Waals surface area contributed by atoms with Gasteiger partial charge in [-0.25, -0.2) is 0 Å². The van der Waals surface area contributed by atoms with Crippen molar-refractivity contribution in [1.82, 2.24) is 0 Å². The molecule has 3 unspecified atom stereocenters. The smallest absolute Gasteiger partial charge is 0.129 e. The van der Waals surface area contributed by atoms with Crippen LogP contribution < -0.4 is 10.1 Å². The molecule has 2 aliphatic rings. The molecule has 108 valence electrons. The third-order valence-electron chi connectivity index (χ3n) is 4.90. The van der Waals surface area contributed by atoms with Crippen LogP contribution in [0, 0.1) is 11.8 Å². The van der Waals surface area contributed by atoms with Crippen LogP contribution in [0.25, 0.3) is 0 Å². The van der Waals surface area contributed by atoms with E-state index in [1.54, 1.807) is 0 Å². The first-order valence-corrected chi connectivity index (χ1v) is 7.96. The van der Waals surface area contributed by atoms with Crippen molar-refractivity contribution in [1.29, 1.82) is 0 Å². The standard InChI is InChI=1S/C19H21NO/c1-2-6-17(7-3-1)21-18-8-4-5-16(13-18)20-19-12-14-9-10-15(19)11-14/h1-8,13-15,19-20H,9-12H2. The maximum Gasteiger partial charge on any atom is 0.129 e. The molecule has 2 saturated carbocycles. The first-order valence-electron chi connectivity index (χ1n) is 7.96. The minimum absolute atomic E-state index is 0.663. The Kier molecular flexibility index (Phi) is 3.30. The van der Waals surface area contributed by atoms with Gasteiger partial charge in [0.05, 0.1) is 0 Å². The molecule has 2 fully saturated rings. The normalized spacial score (nSPS) is 26.8. The minimum Gasteiger partial charge on any atom is -0.457 e. The molecule has 2 bridgehead atoms. The molecule has 0 heterocycles. The summed E-state index contributed by atoms with van der Waals surface area (Å²) in [6, 6.07) is 18.9. The highest BCUT2D eigenvalue weighted by Crippen LogP contribution is 2.45. The van der Waals surface area contributed by atoms with Crippen LogP contribution in [0.2, 0.25) is 0 Å². The summed E-state index contributed by atoms with van der Waals surface area (Å²) in [7, 11) is 0. The molecule has 2 aromatic rings. The molecule has 0 aliphatic heterocycles. The van der Waals surface area contributed by atoms with Crippen LogP contribution >= 0.6 is 0 Å². The molecule has 1 N–H and O–H groups in total. The van der Waals surface area contributed by atoms with E-state index >= 15 is 0 Å². The lowest BCUT2D eigenvalue weighted by Gasteiger charge is -2.24. The SMILES string of the molecule is c1ccc(Oc2cccc(NC3CC4CCC3C4)c2)cc1. The monoisotopic (exact) mass is 279 g/mol. The van der Waals surface area contributed by atoms with E-state index in [2.05, 4.69) is 23.5 Å². The molecule has 2 aromatic carbocycles. The number of anilines is 1. The molecule has 4 rings (SSSR count). The molecule has 2 heteroatoms. The zero-order valence-electron chi connectivity index (χ0n) is 12.2. The average Bonchev–Trinajstić information content (AvgIpc) is 3.11. The molecule has 2 aliphatic carbocycles. The molecule has 0 amide bonds. The fourth-order valence-electron chi connectivity index (χ4n) is 3.91. The Labute approximate surface area is 126 Å². The fourth-order valence-corrected chi connectivity index (χ4v) is 3.91. The van der Waals surface area contributed by atoms with Crippen LogP contribution in [0.5, 0.6) is 11.5 Å². The lowest BCUT2D eigenvalue weighted by Crippen LogP contribution is -2.25. The van der Waals surface area contributed by atoms with Gasteiger partial charge in [0.2, 0.25) is 0 Å². The highest BCUT2D eigenvalue weighted by molar-refractivity contribution is 5.50. The van der Waals surface area contributed by atoms with Gasteiger partial charge in [-0.15, -0.1) is 0 Å². The highest BCUT2D eigenvalue weighted by Gasteiger charge is 2.39. The largest absolute Gasteiger partial charge is 0.457 e. The van der Waals surface area contributed by atoms with Gasteiger partial charge in [-0.3, -0.25) is 0 Å². The second-order valence-corrected chi connectivity index (χ2v) is 6.37. The van der Waals surface area contributed by atoms with Crippen molar-refractivity contribution < 1.29 is 4.74 Å². The van der Waals surface area contributed by atoms with Gasteiger partial charge < -0.3 is 10.1 Å². The van der Waals surface area contributed by atoms with Gasteiger partial charge in [0.15, 0.2) is 0 Å². The van der Waals surface area contributed by atoms with E-state index in [1.165, 1.54) is 31.4 Å². The number of nitrogens with one attached hydrogen (secondary N) is 1. The first-order chi connectivity index (χ1) is 10.4.